The Morgan fingerprint density at radius 2 is 1.87 bits per heavy atom. The van der Waals surface area contributed by atoms with Gasteiger partial charge in [0.15, 0.2) is 5.96 Å². The smallest absolute Gasteiger partial charge is 0.191 e. The highest BCUT2D eigenvalue weighted by Gasteiger charge is 2.34. The predicted molar refractivity (Wildman–Crippen MR) is 120 cm³/mol. The van der Waals surface area contributed by atoms with Crippen molar-refractivity contribution in [2.24, 2.45) is 4.99 Å². The molecule has 1 aliphatic heterocycles. The zero-order chi connectivity index (χ0) is 21.2. The Labute approximate surface area is 179 Å². The van der Waals surface area contributed by atoms with Gasteiger partial charge in [-0.05, 0) is 49.4 Å². The first-order valence-electron chi connectivity index (χ1n) is 10.7. The number of nitrogens with one attached hydrogen (secondary N) is 3. The van der Waals surface area contributed by atoms with Gasteiger partial charge in [-0.25, -0.2) is 4.39 Å². The Morgan fingerprint density at radius 1 is 1.10 bits per heavy atom. The molecule has 0 aromatic heterocycles. The Balaban J connectivity index is 1.54. The van der Waals surface area contributed by atoms with Crippen LogP contribution in [0.25, 0.3) is 0 Å². The van der Waals surface area contributed by atoms with Gasteiger partial charge in [0, 0.05) is 44.9 Å². The van der Waals surface area contributed by atoms with E-state index < -0.39 is 0 Å². The summed E-state index contributed by atoms with van der Waals surface area (Å²) in [6.45, 7) is 5.16. The van der Waals surface area contributed by atoms with Crippen LogP contribution in [0.15, 0.2) is 59.6 Å². The first kappa shape index (κ1) is 22.2. The lowest BCUT2D eigenvalue weighted by Gasteiger charge is -2.41. The fraction of sp³-hybridized carbons (Fsp3) is 0.458. The van der Waals surface area contributed by atoms with E-state index in [1.165, 1.54) is 11.6 Å². The maximum Gasteiger partial charge on any atom is 0.191 e. The molecule has 1 unspecified atom stereocenters. The topological polar surface area (TPSA) is 57.7 Å². The van der Waals surface area contributed by atoms with Crippen molar-refractivity contribution >= 4 is 5.96 Å². The zero-order valence-electron chi connectivity index (χ0n) is 18.0. The fourth-order valence-electron chi connectivity index (χ4n) is 3.91. The lowest BCUT2D eigenvalue weighted by molar-refractivity contribution is 0.0355. The van der Waals surface area contributed by atoms with Gasteiger partial charge in [-0.3, -0.25) is 4.99 Å². The van der Waals surface area contributed by atoms with Crippen LogP contribution in [0.2, 0.25) is 0 Å². The van der Waals surface area contributed by atoms with E-state index in [1.54, 1.807) is 19.2 Å². The first-order chi connectivity index (χ1) is 14.6. The SMILES string of the molecule is CN=C(NCCc1cccc(F)c1)NCC1(NC(C)c2ccccc2)CCOCC1. The van der Waals surface area contributed by atoms with Gasteiger partial charge in [0.1, 0.15) is 5.82 Å². The number of ether oxygens (including phenoxy) is 1. The van der Waals surface area contributed by atoms with Crippen LogP contribution in [0, 0.1) is 5.82 Å². The second-order valence-corrected chi connectivity index (χ2v) is 7.90. The number of rotatable bonds is 8. The molecule has 0 radical (unpaired) electrons. The summed E-state index contributed by atoms with van der Waals surface area (Å²) in [5.74, 6) is 0.557. The Morgan fingerprint density at radius 3 is 2.57 bits per heavy atom. The van der Waals surface area contributed by atoms with E-state index in [4.69, 9.17) is 4.74 Å². The standard InChI is InChI=1S/C24H33FN4O/c1-19(21-8-4-3-5-9-21)29-24(12-15-30-16-13-24)18-28-23(26-2)27-14-11-20-7-6-10-22(25)17-20/h3-10,17,19,29H,11-16,18H2,1-2H3,(H2,26,27,28). The molecule has 0 bridgehead atoms. The van der Waals surface area contributed by atoms with E-state index in [1.807, 2.05) is 12.1 Å². The molecule has 3 rings (SSSR count). The summed E-state index contributed by atoms with van der Waals surface area (Å²) in [7, 11) is 1.77. The molecule has 0 aliphatic carbocycles. The van der Waals surface area contributed by atoms with Crippen molar-refractivity contribution in [1.29, 1.82) is 0 Å². The number of benzene rings is 2. The molecule has 6 heteroatoms. The van der Waals surface area contributed by atoms with Crippen molar-refractivity contribution in [2.45, 2.75) is 37.8 Å². The monoisotopic (exact) mass is 412 g/mol. The van der Waals surface area contributed by atoms with Crippen LogP contribution in [-0.2, 0) is 11.2 Å². The summed E-state index contributed by atoms with van der Waals surface area (Å²) < 4.78 is 19.0. The number of guanidine groups is 1. The first-order valence-corrected chi connectivity index (χ1v) is 10.7. The summed E-state index contributed by atoms with van der Waals surface area (Å²) in [5.41, 5.74) is 2.19. The van der Waals surface area contributed by atoms with Crippen LogP contribution in [0.1, 0.15) is 36.9 Å². The molecule has 5 nitrogen and oxygen atoms in total. The number of hydrogen-bond donors (Lipinski definition) is 3. The normalized spacial score (nSPS) is 17.4. The lowest BCUT2D eigenvalue weighted by Crippen LogP contribution is -2.58. The van der Waals surface area contributed by atoms with Crippen molar-refractivity contribution < 1.29 is 9.13 Å². The molecule has 1 aliphatic rings. The second kappa shape index (κ2) is 11.1. The highest BCUT2D eigenvalue weighted by Crippen LogP contribution is 2.25. The molecule has 3 N–H and O–H groups in total. The van der Waals surface area contributed by atoms with Gasteiger partial charge < -0.3 is 20.7 Å². The number of aliphatic imine (C=N–C) groups is 1. The minimum absolute atomic E-state index is 0.0618. The van der Waals surface area contributed by atoms with Gasteiger partial charge in [0.25, 0.3) is 0 Å². The average Bonchev–Trinajstić information content (AvgIpc) is 2.77. The molecule has 1 fully saturated rings. The van der Waals surface area contributed by atoms with Gasteiger partial charge in [0.2, 0.25) is 0 Å². The van der Waals surface area contributed by atoms with Crippen LogP contribution >= 0.6 is 0 Å². The molecular formula is C24H33FN4O. The molecule has 1 saturated heterocycles. The third kappa shape index (κ3) is 6.54. The highest BCUT2D eigenvalue weighted by atomic mass is 19.1. The Kier molecular flexibility index (Phi) is 8.22. The molecule has 1 atom stereocenters. The minimum Gasteiger partial charge on any atom is -0.381 e. The van der Waals surface area contributed by atoms with Gasteiger partial charge in [0.05, 0.1) is 0 Å². The van der Waals surface area contributed by atoms with E-state index in [9.17, 15) is 4.39 Å². The van der Waals surface area contributed by atoms with E-state index in [2.05, 4.69) is 52.1 Å². The van der Waals surface area contributed by atoms with Gasteiger partial charge in [-0.2, -0.15) is 0 Å². The maximum atomic E-state index is 13.3. The average molecular weight is 413 g/mol. The summed E-state index contributed by atoms with van der Waals surface area (Å²) in [5, 5.41) is 10.7. The zero-order valence-corrected chi connectivity index (χ0v) is 18.0. The highest BCUT2D eigenvalue weighted by molar-refractivity contribution is 5.79. The van der Waals surface area contributed by atoms with E-state index in [-0.39, 0.29) is 17.4 Å². The van der Waals surface area contributed by atoms with Crippen molar-refractivity contribution in [3.05, 3.63) is 71.5 Å². The predicted octanol–water partition coefficient (Wildman–Crippen LogP) is 3.43. The number of nitrogens with zero attached hydrogens (tertiary/aromatic N) is 1. The Bertz CT molecular complexity index is 806. The van der Waals surface area contributed by atoms with E-state index in [0.717, 1.165) is 50.5 Å². The second-order valence-electron chi connectivity index (χ2n) is 7.90. The lowest BCUT2D eigenvalue weighted by atomic mass is 9.88. The molecule has 0 saturated carbocycles. The van der Waals surface area contributed by atoms with E-state index >= 15 is 0 Å². The fourth-order valence-corrected chi connectivity index (χ4v) is 3.91. The number of halogens is 1. The summed E-state index contributed by atoms with van der Waals surface area (Å²) in [6.07, 6.45) is 2.62. The van der Waals surface area contributed by atoms with Gasteiger partial charge in [-0.1, -0.05) is 42.5 Å². The molecule has 162 valence electrons. The molecule has 30 heavy (non-hydrogen) atoms. The minimum atomic E-state index is -0.199. The number of hydrogen-bond acceptors (Lipinski definition) is 3. The third-order valence-corrected chi connectivity index (χ3v) is 5.69. The van der Waals surface area contributed by atoms with Gasteiger partial charge >= 0.3 is 0 Å². The van der Waals surface area contributed by atoms with Crippen molar-refractivity contribution in [3.63, 3.8) is 0 Å². The maximum absolute atomic E-state index is 13.3. The van der Waals surface area contributed by atoms with Crippen LogP contribution < -0.4 is 16.0 Å². The van der Waals surface area contributed by atoms with Crippen molar-refractivity contribution in [3.8, 4) is 0 Å². The molecular weight excluding hydrogens is 379 g/mol. The van der Waals surface area contributed by atoms with Crippen LogP contribution in [0.3, 0.4) is 0 Å². The van der Waals surface area contributed by atoms with Crippen LogP contribution in [-0.4, -0.2) is 44.8 Å². The summed E-state index contributed by atoms with van der Waals surface area (Å²) in [6, 6.07) is 17.5. The largest absolute Gasteiger partial charge is 0.381 e. The van der Waals surface area contributed by atoms with E-state index in [0.29, 0.717) is 6.54 Å². The third-order valence-electron chi connectivity index (χ3n) is 5.69. The van der Waals surface area contributed by atoms with Crippen LogP contribution in [0.4, 0.5) is 4.39 Å². The summed E-state index contributed by atoms with van der Waals surface area (Å²) in [4.78, 5) is 4.35. The molecule has 0 amide bonds. The van der Waals surface area contributed by atoms with Crippen molar-refractivity contribution in [2.75, 3.05) is 33.4 Å². The molecule has 1 heterocycles. The molecule has 2 aromatic rings. The van der Waals surface area contributed by atoms with Crippen molar-refractivity contribution in [1.82, 2.24) is 16.0 Å². The molecule has 2 aromatic carbocycles. The van der Waals surface area contributed by atoms with Gasteiger partial charge in [-0.15, -0.1) is 0 Å². The summed E-state index contributed by atoms with van der Waals surface area (Å²) >= 11 is 0. The van der Waals surface area contributed by atoms with Crippen LogP contribution in [0.5, 0.6) is 0 Å². The quantitative estimate of drug-likeness (QED) is 0.459. The Hall–Kier alpha value is -2.44. The molecule has 0 spiro atoms.